The molecule has 0 radical (unpaired) electrons. The fraction of sp³-hybridized carbons (Fsp3) is 0.556. The Labute approximate surface area is 138 Å². The van der Waals surface area contributed by atoms with Crippen LogP contribution in [0.2, 0.25) is 0 Å². The van der Waals surface area contributed by atoms with Crippen molar-refractivity contribution in [3.05, 3.63) is 29.8 Å². The molecule has 0 aliphatic heterocycles. The fourth-order valence-electron chi connectivity index (χ4n) is 2.09. The van der Waals surface area contributed by atoms with Gasteiger partial charge < -0.3 is 15.1 Å². The molecule has 1 unspecified atom stereocenters. The highest BCUT2D eigenvalue weighted by Gasteiger charge is 2.09. The van der Waals surface area contributed by atoms with Crippen LogP contribution in [0.1, 0.15) is 56.3 Å². The molecule has 0 heterocycles. The topological polar surface area (TPSA) is 77.8 Å². The molecule has 0 bridgehead atoms. The smallest absolute Gasteiger partial charge is 0.335 e. The van der Waals surface area contributed by atoms with Crippen molar-refractivity contribution in [2.75, 3.05) is 19.0 Å². The molecule has 0 saturated heterocycles. The Balaban J connectivity index is 0.000000423. The summed E-state index contributed by atoms with van der Waals surface area (Å²) in [7, 11) is 3.82. The van der Waals surface area contributed by atoms with E-state index in [1.165, 1.54) is 0 Å². The molecular weight excluding hydrogens is 294 g/mol. The van der Waals surface area contributed by atoms with Gasteiger partial charge in [0, 0.05) is 26.2 Å². The second-order valence-corrected chi connectivity index (χ2v) is 5.76. The van der Waals surface area contributed by atoms with Crippen molar-refractivity contribution in [2.24, 2.45) is 5.92 Å². The normalized spacial score (nSPS) is 11.1. The molecule has 130 valence electrons. The van der Waals surface area contributed by atoms with Crippen LogP contribution < -0.4 is 4.90 Å². The maximum absolute atomic E-state index is 10.5. The molecular formula is C18H29NO4. The number of aromatic carboxylic acids is 1. The van der Waals surface area contributed by atoms with E-state index in [4.69, 9.17) is 10.2 Å². The Morgan fingerprint density at radius 2 is 1.65 bits per heavy atom. The van der Waals surface area contributed by atoms with Crippen LogP contribution in [-0.4, -0.2) is 36.2 Å². The molecule has 0 aliphatic carbocycles. The van der Waals surface area contributed by atoms with Gasteiger partial charge in [-0.3, -0.25) is 4.79 Å². The van der Waals surface area contributed by atoms with Gasteiger partial charge in [0.1, 0.15) is 0 Å². The van der Waals surface area contributed by atoms with Crippen molar-refractivity contribution >= 4 is 17.6 Å². The summed E-state index contributed by atoms with van der Waals surface area (Å²) >= 11 is 0. The summed E-state index contributed by atoms with van der Waals surface area (Å²) in [5.41, 5.74) is 1.32. The van der Waals surface area contributed by atoms with Gasteiger partial charge in [-0.1, -0.05) is 33.1 Å². The minimum atomic E-state index is -0.889. The third-order valence-corrected chi connectivity index (χ3v) is 3.64. The van der Waals surface area contributed by atoms with Gasteiger partial charge in [-0.05, 0) is 36.6 Å². The first-order valence-electron chi connectivity index (χ1n) is 8.04. The third-order valence-electron chi connectivity index (χ3n) is 3.64. The maximum Gasteiger partial charge on any atom is 0.335 e. The highest BCUT2D eigenvalue weighted by molar-refractivity contribution is 5.88. The summed E-state index contributed by atoms with van der Waals surface area (Å²) in [6.07, 6.45) is 4.73. The summed E-state index contributed by atoms with van der Waals surface area (Å²) in [5.74, 6) is -1.15. The van der Waals surface area contributed by atoms with E-state index in [0.717, 1.165) is 31.4 Å². The molecule has 0 amide bonds. The van der Waals surface area contributed by atoms with E-state index < -0.39 is 11.9 Å². The summed E-state index contributed by atoms with van der Waals surface area (Å²) in [5, 5.41) is 17.1. The summed E-state index contributed by atoms with van der Waals surface area (Å²) < 4.78 is 0. The number of rotatable bonds is 8. The molecule has 23 heavy (non-hydrogen) atoms. The second-order valence-electron chi connectivity index (χ2n) is 5.76. The third kappa shape index (κ3) is 9.55. The van der Waals surface area contributed by atoms with Gasteiger partial charge >= 0.3 is 11.9 Å². The van der Waals surface area contributed by atoms with Gasteiger partial charge in [0.05, 0.1) is 5.56 Å². The van der Waals surface area contributed by atoms with Crippen LogP contribution in [-0.2, 0) is 4.79 Å². The minimum absolute atomic E-state index is 0.320. The lowest BCUT2D eigenvalue weighted by molar-refractivity contribution is -0.138. The first-order chi connectivity index (χ1) is 10.8. The van der Waals surface area contributed by atoms with E-state index in [9.17, 15) is 9.59 Å². The van der Waals surface area contributed by atoms with Crippen molar-refractivity contribution < 1.29 is 19.8 Å². The monoisotopic (exact) mass is 323 g/mol. The van der Waals surface area contributed by atoms with Crippen LogP contribution in [0.15, 0.2) is 24.3 Å². The van der Waals surface area contributed by atoms with E-state index in [1.807, 2.05) is 19.0 Å². The van der Waals surface area contributed by atoms with Crippen molar-refractivity contribution in [1.29, 1.82) is 0 Å². The Morgan fingerprint density at radius 1 is 1.09 bits per heavy atom. The number of anilines is 1. The Bertz CT molecular complexity index is 468. The van der Waals surface area contributed by atoms with Crippen LogP contribution in [0.5, 0.6) is 0 Å². The van der Waals surface area contributed by atoms with Gasteiger partial charge in [-0.25, -0.2) is 4.79 Å². The predicted octanol–water partition coefficient (Wildman–Crippen LogP) is 4.13. The van der Waals surface area contributed by atoms with E-state index in [-0.39, 0.29) is 0 Å². The Kier molecular flexibility index (Phi) is 10.5. The maximum atomic E-state index is 10.5. The van der Waals surface area contributed by atoms with Gasteiger partial charge in [-0.15, -0.1) is 0 Å². The first-order valence-corrected chi connectivity index (χ1v) is 8.04. The van der Waals surface area contributed by atoms with Gasteiger partial charge in [0.2, 0.25) is 0 Å². The zero-order valence-corrected chi connectivity index (χ0v) is 14.6. The van der Waals surface area contributed by atoms with Crippen LogP contribution in [0, 0.1) is 5.92 Å². The quantitative estimate of drug-likeness (QED) is 0.752. The highest BCUT2D eigenvalue weighted by atomic mass is 16.4. The zero-order valence-electron chi connectivity index (χ0n) is 14.6. The number of aliphatic carboxylic acids is 1. The van der Waals surface area contributed by atoms with Crippen molar-refractivity contribution in [3.8, 4) is 0 Å². The number of benzene rings is 1. The molecule has 0 aromatic heterocycles. The zero-order chi connectivity index (χ0) is 17.8. The van der Waals surface area contributed by atoms with Crippen LogP contribution in [0.4, 0.5) is 5.69 Å². The predicted molar refractivity (Wildman–Crippen MR) is 93.3 cm³/mol. The Morgan fingerprint density at radius 3 is 2.00 bits per heavy atom. The van der Waals surface area contributed by atoms with Gasteiger partial charge in [0.25, 0.3) is 0 Å². The number of hydrogen-bond donors (Lipinski definition) is 2. The van der Waals surface area contributed by atoms with Crippen molar-refractivity contribution in [1.82, 2.24) is 0 Å². The SMILES string of the molecule is CCCCC(CC)CC(=O)O.CN(C)c1ccc(C(=O)O)cc1. The number of carboxylic acids is 2. The second kappa shape index (κ2) is 11.5. The van der Waals surface area contributed by atoms with Crippen LogP contribution in [0.3, 0.4) is 0 Å². The summed E-state index contributed by atoms with van der Waals surface area (Å²) in [6, 6.07) is 6.75. The summed E-state index contributed by atoms with van der Waals surface area (Å²) in [4.78, 5) is 22.7. The van der Waals surface area contributed by atoms with E-state index in [0.29, 0.717) is 17.9 Å². The molecule has 1 aromatic carbocycles. The lowest BCUT2D eigenvalue weighted by atomic mass is 9.96. The van der Waals surface area contributed by atoms with Crippen LogP contribution >= 0.6 is 0 Å². The van der Waals surface area contributed by atoms with Crippen molar-refractivity contribution in [2.45, 2.75) is 46.0 Å². The highest BCUT2D eigenvalue weighted by Crippen LogP contribution is 2.16. The number of unbranched alkanes of at least 4 members (excludes halogenated alkanes) is 1. The number of hydrogen-bond acceptors (Lipinski definition) is 3. The van der Waals surface area contributed by atoms with Gasteiger partial charge in [0.15, 0.2) is 0 Å². The minimum Gasteiger partial charge on any atom is -0.481 e. The molecule has 0 fully saturated rings. The molecule has 2 N–H and O–H groups in total. The van der Waals surface area contributed by atoms with Crippen LogP contribution in [0.25, 0.3) is 0 Å². The molecule has 5 heteroatoms. The largest absolute Gasteiger partial charge is 0.481 e. The lowest BCUT2D eigenvalue weighted by Crippen LogP contribution is -2.08. The summed E-state index contributed by atoms with van der Waals surface area (Å²) in [6.45, 7) is 4.19. The average molecular weight is 323 g/mol. The number of nitrogens with zero attached hydrogens (tertiary/aromatic N) is 1. The number of carbonyl (C=O) groups is 2. The lowest BCUT2D eigenvalue weighted by Gasteiger charge is -2.11. The fourth-order valence-corrected chi connectivity index (χ4v) is 2.09. The van der Waals surface area contributed by atoms with E-state index >= 15 is 0 Å². The molecule has 5 nitrogen and oxygen atoms in total. The average Bonchev–Trinajstić information content (AvgIpc) is 2.51. The number of carboxylic acid groups (broad SMARTS) is 2. The molecule has 1 rings (SSSR count). The standard InChI is InChI=1S/C9H11NO2.C9H18O2/c1-10(2)8-5-3-7(4-6-8)9(11)12;1-3-5-6-8(4-2)7-9(10)11/h3-6H,1-2H3,(H,11,12);8H,3-7H2,1-2H3,(H,10,11). The van der Waals surface area contributed by atoms with E-state index in [2.05, 4.69) is 13.8 Å². The Hall–Kier alpha value is -2.04. The first kappa shape index (κ1) is 21.0. The van der Waals surface area contributed by atoms with Crippen molar-refractivity contribution in [3.63, 3.8) is 0 Å². The molecule has 1 atom stereocenters. The molecule has 0 spiro atoms. The molecule has 0 saturated carbocycles. The molecule has 0 aliphatic rings. The molecule has 1 aromatic rings. The van der Waals surface area contributed by atoms with E-state index in [1.54, 1.807) is 24.3 Å². The van der Waals surface area contributed by atoms with Gasteiger partial charge in [-0.2, -0.15) is 0 Å².